The van der Waals surface area contributed by atoms with E-state index in [-0.39, 0.29) is 12.5 Å². The van der Waals surface area contributed by atoms with Gasteiger partial charge >= 0.3 is 5.97 Å². The van der Waals surface area contributed by atoms with Crippen LogP contribution in [0.4, 0.5) is 0 Å². The lowest BCUT2D eigenvalue weighted by Gasteiger charge is -2.36. The first kappa shape index (κ1) is 14.0. The van der Waals surface area contributed by atoms with E-state index in [1.54, 1.807) is 20.9 Å². The number of aliphatic hydroxyl groups is 1. The van der Waals surface area contributed by atoms with Crippen molar-refractivity contribution in [3.05, 3.63) is 0 Å². The molecule has 5 heteroatoms. The molecule has 0 spiro atoms. The Morgan fingerprint density at radius 1 is 1.29 bits per heavy atom. The van der Waals surface area contributed by atoms with Gasteiger partial charge in [-0.25, -0.2) is 0 Å². The number of carbonyl (C=O) groups excluding carboxylic acids is 1. The highest BCUT2D eigenvalue weighted by Crippen LogP contribution is 2.34. The predicted octanol–water partition coefficient (Wildman–Crippen LogP) is 0.717. The van der Waals surface area contributed by atoms with Gasteiger partial charge in [0.15, 0.2) is 0 Å². The average molecular weight is 243 g/mol. The summed E-state index contributed by atoms with van der Waals surface area (Å²) in [6, 6.07) is 0. The van der Waals surface area contributed by atoms with Gasteiger partial charge < -0.3 is 15.1 Å². The van der Waals surface area contributed by atoms with Crippen LogP contribution in [0.15, 0.2) is 0 Å². The first-order valence-corrected chi connectivity index (χ1v) is 5.92. The lowest BCUT2D eigenvalue weighted by molar-refractivity contribution is -0.151. The number of rotatable bonds is 4. The van der Waals surface area contributed by atoms with Gasteiger partial charge in [0.05, 0.1) is 24.0 Å². The first-order valence-electron chi connectivity index (χ1n) is 5.92. The predicted molar refractivity (Wildman–Crippen MR) is 62.4 cm³/mol. The third-order valence-electron chi connectivity index (χ3n) is 3.78. The highest BCUT2D eigenvalue weighted by Gasteiger charge is 2.41. The Bertz CT molecular complexity index is 314. The van der Waals surface area contributed by atoms with E-state index in [1.165, 1.54) is 4.90 Å². The summed E-state index contributed by atoms with van der Waals surface area (Å²) < 4.78 is 0. The van der Waals surface area contributed by atoms with Crippen molar-refractivity contribution < 1.29 is 19.8 Å². The largest absolute Gasteiger partial charge is 0.481 e. The Labute approximate surface area is 101 Å². The van der Waals surface area contributed by atoms with Gasteiger partial charge in [-0.05, 0) is 26.7 Å². The number of hydrogen-bond acceptors (Lipinski definition) is 3. The molecule has 1 aliphatic rings. The first-order chi connectivity index (χ1) is 7.81. The van der Waals surface area contributed by atoms with E-state index in [9.17, 15) is 14.7 Å². The summed E-state index contributed by atoms with van der Waals surface area (Å²) in [4.78, 5) is 24.7. The van der Waals surface area contributed by atoms with Crippen LogP contribution >= 0.6 is 0 Å². The quantitative estimate of drug-likeness (QED) is 0.762. The maximum atomic E-state index is 12.2. The van der Waals surface area contributed by atoms with E-state index in [0.29, 0.717) is 12.8 Å². The standard InChI is InChI=1S/C12H21NO4/c1-12(2,7-14)13(3)10(15)8-5-4-6-9(8)11(16)17/h8-9,14H,4-7H2,1-3H3,(H,16,17)/t8-,9+/m1/s1. The molecule has 1 aliphatic carbocycles. The van der Waals surface area contributed by atoms with Crippen LogP contribution in [-0.4, -0.2) is 46.2 Å². The Morgan fingerprint density at radius 3 is 2.29 bits per heavy atom. The molecule has 1 rings (SSSR count). The van der Waals surface area contributed by atoms with Gasteiger partial charge in [0.1, 0.15) is 0 Å². The Kier molecular flexibility index (Phi) is 4.14. The maximum Gasteiger partial charge on any atom is 0.307 e. The Hall–Kier alpha value is -1.10. The molecule has 2 atom stereocenters. The van der Waals surface area contributed by atoms with Crippen molar-refractivity contribution in [3.63, 3.8) is 0 Å². The number of hydrogen-bond donors (Lipinski definition) is 2. The van der Waals surface area contributed by atoms with Crippen LogP contribution in [0.5, 0.6) is 0 Å². The molecule has 0 saturated heterocycles. The topological polar surface area (TPSA) is 77.8 Å². The highest BCUT2D eigenvalue weighted by atomic mass is 16.4. The second kappa shape index (κ2) is 5.04. The molecule has 0 aromatic heterocycles. The summed E-state index contributed by atoms with van der Waals surface area (Å²) in [7, 11) is 1.62. The van der Waals surface area contributed by atoms with Crippen LogP contribution in [0.3, 0.4) is 0 Å². The second-order valence-corrected chi connectivity index (χ2v) is 5.35. The fourth-order valence-electron chi connectivity index (χ4n) is 2.20. The molecule has 0 aromatic rings. The number of carbonyl (C=O) groups is 2. The van der Waals surface area contributed by atoms with Crippen molar-refractivity contribution >= 4 is 11.9 Å². The monoisotopic (exact) mass is 243 g/mol. The third-order valence-corrected chi connectivity index (χ3v) is 3.78. The lowest BCUT2D eigenvalue weighted by atomic mass is 9.92. The van der Waals surface area contributed by atoms with E-state index in [2.05, 4.69) is 0 Å². The highest BCUT2D eigenvalue weighted by molar-refractivity contribution is 5.85. The Balaban J connectivity index is 2.79. The molecule has 0 aliphatic heterocycles. The molecule has 0 heterocycles. The van der Waals surface area contributed by atoms with Crippen LogP contribution in [0, 0.1) is 11.8 Å². The zero-order valence-electron chi connectivity index (χ0n) is 10.6. The molecule has 2 N–H and O–H groups in total. The Morgan fingerprint density at radius 2 is 1.82 bits per heavy atom. The molecular formula is C12H21NO4. The second-order valence-electron chi connectivity index (χ2n) is 5.35. The smallest absolute Gasteiger partial charge is 0.307 e. The van der Waals surface area contributed by atoms with E-state index in [1.807, 2.05) is 0 Å². The maximum absolute atomic E-state index is 12.2. The number of amides is 1. The van der Waals surface area contributed by atoms with Gasteiger partial charge in [-0.3, -0.25) is 9.59 Å². The van der Waals surface area contributed by atoms with E-state index >= 15 is 0 Å². The van der Waals surface area contributed by atoms with Gasteiger partial charge in [-0.1, -0.05) is 6.42 Å². The number of aliphatic carboxylic acids is 1. The minimum absolute atomic E-state index is 0.139. The van der Waals surface area contributed by atoms with Crippen molar-refractivity contribution in [1.29, 1.82) is 0 Å². The SMILES string of the molecule is CN(C(=O)[C@@H]1CCC[C@@H]1C(=O)O)C(C)(C)CO. The molecule has 0 unspecified atom stereocenters. The van der Waals surface area contributed by atoms with Crippen molar-refractivity contribution in [2.45, 2.75) is 38.6 Å². The summed E-state index contributed by atoms with van der Waals surface area (Å²) in [5.74, 6) is -2.08. The van der Waals surface area contributed by atoms with Gasteiger partial charge in [0.25, 0.3) is 0 Å². The van der Waals surface area contributed by atoms with Crippen molar-refractivity contribution in [2.24, 2.45) is 11.8 Å². The molecule has 0 radical (unpaired) electrons. The van der Waals surface area contributed by atoms with Gasteiger partial charge in [0.2, 0.25) is 5.91 Å². The molecule has 0 bridgehead atoms. The normalized spacial score (nSPS) is 24.7. The molecule has 1 saturated carbocycles. The molecule has 98 valence electrons. The van der Waals surface area contributed by atoms with E-state index in [4.69, 9.17) is 5.11 Å². The fraction of sp³-hybridized carbons (Fsp3) is 0.833. The zero-order valence-corrected chi connectivity index (χ0v) is 10.6. The van der Waals surface area contributed by atoms with E-state index in [0.717, 1.165) is 6.42 Å². The van der Waals surface area contributed by atoms with Crippen LogP contribution in [0.2, 0.25) is 0 Å². The molecule has 5 nitrogen and oxygen atoms in total. The number of carboxylic acid groups (broad SMARTS) is 1. The van der Waals surface area contributed by atoms with Gasteiger partial charge in [-0.2, -0.15) is 0 Å². The van der Waals surface area contributed by atoms with E-state index < -0.39 is 23.3 Å². The molecule has 1 fully saturated rings. The zero-order chi connectivity index (χ0) is 13.2. The minimum Gasteiger partial charge on any atom is -0.481 e. The molecular weight excluding hydrogens is 222 g/mol. The van der Waals surface area contributed by atoms with Crippen molar-refractivity contribution in [1.82, 2.24) is 4.90 Å². The summed E-state index contributed by atoms with van der Waals surface area (Å²) in [6.45, 7) is 3.38. The van der Waals surface area contributed by atoms with Crippen LogP contribution in [0.1, 0.15) is 33.1 Å². The summed E-state index contributed by atoms with van der Waals surface area (Å²) in [6.07, 6.45) is 1.97. The summed E-state index contributed by atoms with van der Waals surface area (Å²) in [5, 5.41) is 18.3. The number of likely N-dealkylation sites (N-methyl/N-ethyl adjacent to an activating group) is 1. The molecule has 0 aromatic carbocycles. The average Bonchev–Trinajstić information content (AvgIpc) is 2.75. The number of nitrogens with zero attached hydrogens (tertiary/aromatic N) is 1. The van der Waals surface area contributed by atoms with Gasteiger partial charge in [-0.15, -0.1) is 0 Å². The van der Waals surface area contributed by atoms with Crippen LogP contribution in [-0.2, 0) is 9.59 Å². The number of carboxylic acids is 1. The minimum atomic E-state index is -0.893. The summed E-state index contributed by atoms with van der Waals surface area (Å²) >= 11 is 0. The van der Waals surface area contributed by atoms with Crippen LogP contribution < -0.4 is 0 Å². The lowest BCUT2D eigenvalue weighted by Crippen LogP contribution is -2.50. The number of aliphatic hydroxyl groups excluding tert-OH is 1. The van der Waals surface area contributed by atoms with Gasteiger partial charge in [0, 0.05) is 7.05 Å². The van der Waals surface area contributed by atoms with Crippen molar-refractivity contribution in [3.8, 4) is 0 Å². The third kappa shape index (κ3) is 2.77. The van der Waals surface area contributed by atoms with Crippen molar-refractivity contribution in [2.75, 3.05) is 13.7 Å². The van der Waals surface area contributed by atoms with Crippen LogP contribution in [0.25, 0.3) is 0 Å². The fourth-order valence-corrected chi connectivity index (χ4v) is 2.20. The molecule has 1 amide bonds. The molecule has 17 heavy (non-hydrogen) atoms. The summed E-state index contributed by atoms with van der Waals surface area (Å²) in [5.41, 5.74) is -0.650.